The molecule has 41 heavy (non-hydrogen) atoms. The summed E-state index contributed by atoms with van der Waals surface area (Å²) in [7, 11) is 0. The minimum atomic E-state index is -0.900. The van der Waals surface area contributed by atoms with Crippen molar-refractivity contribution >= 4 is 11.9 Å². The third kappa shape index (κ3) is 31.2. The van der Waals surface area contributed by atoms with Gasteiger partial charge in [-0.3, -0.25) is 9.59 Å². The third-order valence-electron chi connectivity index (χ3n) is 8.19. The third-order valence-corrected chi connectivity index (χ3v) is 8.19. The predicted molar refractivity (Wildman–Crippen MR) is 176 cm³/mol. The number of carboxylic acid groups (broad SMARTS) is 1. The van der Waals surface area contributed by atoms with Crippen LogP contribution >= 0.6 is 0 Å². The maximum Gasteiger partial charge on any atom is 0.307 e. The Morgan fingerprint density at radius 1 is 0.610 bits per heavy atom. The van der Waals surface area contributed by atoms with Crippen LogP contribution in [0.2, 0.25) is 0 Å². The van der Waals surface area contributed by atoms with Crippen molar-refractivity contribution in [2.45, 2.75) is 187 Å². The lowest BCUT2D eigenvalue weighted by Gasteiger charge is -2.11. The molecule has 0 saturated carbocycles. The molecule has 0 amide bonds. The van der Waals surface area contributed by atoms with Crippen LogP contribution in [0.25, 0.3) is 0 Å². The molecule has 0 aliphatic heterocycles. The molecule has 0 fully saturated rings. The topological polar surface area (TPSA) is 63.6 Å². The summed E-state index contributed by atoms with van der Waals surface area (Å²) in [4.78, 5) is 23.0. The van der Waals surface area contributed by atoms with Crippen LogP contribution in [0.3, 0.4) is 0 Å². The average molecular weight is 577 g/mol. The van der Waals surface area contributed by atoms with E-state index in [1.807, 2.05) is 0 Å². The van der Waals surface area contributed by atoms with Crippen LogP contribution in [0.4, 0.5) is 0 Å². The van der Waals surface area contributed by atoms with E-state index in [1.54, 1.807) is 0 Å². The minimum Gasteiger partial charge on any atom is -0.481 e. The molecule has 0 aromatic carbocycles. The van der Waals surface area contributed by atoms with Gasteiger partial charge in [-0.15, -0.1) is 0 Å². The highest BCUT2D eigenvalue weighted by molar-refractivity contribution is 5.78. The van der Waals surface area contributed by atoms with Crippen LogP contribution < -0.4 is 0 Å². The highest BCUT2D eigenvalue weighted by Gasteiger charge is 2.21. The van der Waals surface area contributed by atoms with Crippen LogP contribution in [0.1, 0.15) is 187 Å². The zero-order valence-corrected chi connectivity index (χ0v) is 27.2. The smallest absolute Gasteiger partial charge is 0.307 e. The Labute approximate surface area is 255 Å². The summed E-state index contributed by atoms with van der Waals surface area (Å²) in [5, 5.41) is 9.32. The molecule has 0 aromatic rings. The molecular formula is C37H68O4. The molecule has 0 radical (unpaired) electrons. The number of esters is 1. The van der Waals surface area contributed by atoms with Gasteiger partial charge in [-0.1, -0.05) is 173 Å². The quantitative estimate of drug-likeness (QED) is 0.0479. The fourth-order valence-electron chi connectivity index (χ4n) is 5.48. The number of carbonyl (C=O) groups excluding carboxylic acids is 1. The molecule has 1 unspecified atom stereocenters. The summed E-state index contributed by atoms with van der Waals surface area (Å²) >= 11 is 0. The van der Waals surface area contributed by atoms with Gasteiger partial charge in [0.15, 0.2) is 0 Å². The fourth-order valence-corrected chi connectivity index (χ4v) is 5.48. The number of aliphatic carboxylic acids is 1. The van der Waals surface area contributed by atoms with Crippen molar-refractivity contribution in [3.63, 3.8) is 0 Å². The van der Waals surface area contributed by atoms with Crippen molar-refractivity contribution in [1.29, 1.82) is 0 Å². The maximum absolute atomic E-state index is 11.6. The first kappa shape index (κ1) is 39.4. The van der Waals surface area contributed by atoms with Crippen LogP contribution in [0.5, 0.6) is 0 Å². The van der Waals surface area contributed by atoms with E-state index in [-0.39, 0.29) is 13.0 Å². The van der Waals surface area contributed by atoms with E-state index in [1.165, 1.54) is 154 Å². The molecule has 0 aliphatic rings. The molecule has 0 aromatic heterocycles. The van der Waals surface area contributed by atoms with E-state index < -0.39 is 17.9 Å². The average Bonchev–Trinajstić information content (AvgIpc) is 2.96. The van der Waals surface area contributed by atoms with E-state index in [0.717, 1.165) is 19.3 Å². The largest absolute Gasteiger partial charge is 0.481 e. The molecule has 1 N–H and O–H groups in total. The van der Waals surface area contributed by atoms with Crippen LogP contribution in [-0.4, -0.2) is 23.7 Å². The Kier molecular flexibility index (Phi) is 31.7. The van der Waals surface area contributed by atoms with Gasteiger partial charge in [-0.2, -0.15) is 0 Å². The van der Waals surface area contributed by atoms with Crippen molar-refractivity contribution < 1.29 is 19.4 Å². The number of allylic oxidation sites excluding steroid dienone is 2. The molecule has 0 aliphatic carbocycles. The van der Waals surface area contributed by atoms with E-state index in [9.17, 15) is 14.7 Å². The Balaban J connectivity index is 3.30. The standard InChI is InChI=1S/C37H68O4/c1-3-5-6-7-8-9-10-11-12-13-14-15-16-17-18-19-20-21-22-23-24-25-26-27-28-29-30-31-32-35(37(39)40)34-36(38)41-33-4-2/h4,12-13,35H,2-3,5-11,14-34H2,1H3,(H,39,40)/b13-12+. The van der Waals surface area contributed by atoms with Gasteiger partial charge in [0, 0.05) is 0 Å². The van der Waals surface area contributed by atoms with Gasteiger partial charge in [0.1, 0.15) is 6.61 Å². The number of ether oxygens (including phenoxy) is 1. The predicted octanol–water partition coefficient (Wildman–Crippen LogP) is 11.9. The first-order valence-electron chi connectivity index (χ1n) is 17.8. The van der Waals surface area contributed by atoms with Gasteiger partial charge in [-0.25, -0.2) is 0 Å². The number of hydrogen-bond donors (Lipinski definition) is 1. The molecule has 1 atom stereocenters. The lowest BCUT2D eigenvalue weighted by molar-refractivity contribution is -0.151. The van der Waals surface area contributed by atoms with E-state index >= 15 is 0 Å². The highest BCUT2D eigenvalue weighted by Crippen LogP contribution is 2.18. The fraction of sp³-hybridized carbons (Fsp3) is 0.838. The Morgan fingerprint density at radius 3 is 1.34 bits per heavy atom. The zero-order chi connectivity index (χ0) is 30.1. The molecule has 0 heterocycles. The van der Waals surface area contributed by atoms with E-state index in [4.69, 9.17) is 4.74 Å². The maximum atomic E-state index is 11.6. The highest BCUT2D eigenvalue weighted by atomic mass is 16.5. The van der Waals surface area contributed by atoms with Gasteiger partial charge in [0.05, 0.1) is 12.3 Å². The van der Waals surface area contributed by atoms with Crippen molar-refractivity contribution in [2.24, 2.45) is 5.92 Å². The summed E-state index contributed by atoms with van der Waals surface area (Å²) < 4.78 is 4.91. The molecule has 0 saturated heterocycles. The normalized spacial score (nSPS) is 12.1. The monoisotopic (exact) mass is 577 g/mol. The molecule has 240 valence electrons. The Bertz CT molecular complexity index is 612. The molecule has 4 nitrogen and oxygen atoms in total. The van der Waals surface area contributed by atoms with E-state index in [0.29, 0.717) is 6.42 Å². The number of carboxylic acids is 1. The van der Waals surface area contributed by atoms with Gasteiger partial charge >= 0.3 is 11.9 Å². The first-order valence-corrected chi connectivity index (χ1v) is 17.8. The van der Waals surface area contributed by atoms with Crippen LogP contribution in [0.15, 0.2) is 24.8 Å². The lowest BCUT2D eigenvalue weighted by Crippen LogP contribution is -2.19. The summed E-state index contributed by atoms with van der Waals surface area (Å²) in [6.45, 7) is 5.92. The van der Waals surface area contributed by atoms with Crippen molar-refractivity contribution in [3.8, 4) is 0 Å². The summed E-state index contributed by atoms with van der Waals surface area (Å²) in [6.07, 6.45) is 41.5. The zero-order valence-electron chi connectivity index (χ0n) is 27.2. The van der Waals surface area contributed by atoms with Gasteiger partial charge in [-0.05, 0) is 32.1 Å². The van der Waals surface area contributed by atoms with Crippen LogP contribution in [0, 0.1) is 5.92 Å². The summed E-state index contributed by atoms with van der Waals surface area (Å²) in [5.74, 6) is -1.98. The molecule has 0 bridgehead atoms. The van der Waals surface area contributed by atoms with E-state index in [2.05, 4.69) is 25.7 Å². The molecule has 4 heteroatoms. The second-order valence-corrected chi connectivity index (χ2v) is 12.2. The number of carbonyl (C=O) groups is 2. The van der Waals surface area contributed by atoms with Crippen LogP contribution in [-0.2, 0) is 14.3 Å². The molecular weight excluding hydrogens is 508 g/mol. The Morgan fingerprint density at radius 2 is 0.976 bits per heavy atom. The number of rotatable bonds is 33. The first-order chi connectivity index (χ1) is 20.1. The Hall–Kier alpha value is -1.58. The SMILES string of the molecule is C=CCOC(=O)CC(CCCCCCCCCCCCCCCCCCC/C=C/CCCCCCCCC)C(=O)O. The molecule has 0 spiro atoms. The second kappa shape index (κ2) is 32.9. The van der Waals surface area contributed by atoms with Crippen molar-refractivity contribution in [1.82, 2.24) is 0 Å². The summed E-state index contributed by atoms with van der Waals surface area (Å²) in [5.41, 5.74) is 0. The number of unbranched alkanes of at least 4 members (excludes halogenated alkanes) is 24. The second-order valence-electron chi connectivity index (χ2n) is 12.2. The van der Waals surface area contributed by atoms with Crippen molar-refractivity contribution in [2.75, 3.05) is 6.61 Å². The van der Waals surface area contributed by atoms with Gasteiger partial charge in [0.2, 0.25) is 0 Å². The van der Waals surface area contributed by atoms with Crippen molar-refractivity contribution in [3.05, 3.63) is 24.8 Å². The summed E-state index contributed by atoms with van der Waals surface area (Å²) in [6, 6.07) is 0. The minimum absolute atomic E-state index is 0.0410. The lowest BCUT2D eigenvalue weighted by atomic mass is 9.97. The van der Waals surface area contributed by atoms with Gasteiger partial charge < -0.3 is 9.84 Å². The number of hydrogen-bond acceptors (Lipinski definition) is 3. The molecule has 0 rings (SSSR count). The van der Waals surface area contributed by atoms with Gasteiger partial charge in [0.25, 0.3) is 0 Å².